The normalized spacial score (nSPS) is 45.5. The second-order valence-corrected chi connectivity index (χ2v) is 5.80. The van der Waals surface area contributed by atoms with Crippen molar-refractivity contribution in [2.45, 2.75) is 43.6 Å². The lowest BCUT2D eigenvalue weighted by Gasteiger charge is -2.31. The van der Waals surface area contributed by atoms with Crippen molar-refractivity contribution in [2.24, 2.45) is 11.8 Å². The molecule has 0 radical (unpaired) electrons. The van der Waals surface area contributed by atoms with E-state index >= 15 is 0 Å². The third-order valence-electron chi connectivity index (χ3n) is 4.51. The molecule has 1 spiro atoms. The Balaban J connectivity index is 0.00000120. The van der Waals surface area contributed by atoms with Crippen LogP contribution in [0.25, 0.3) is 0 Å². The van der Waals surface area contributed by atoms with Crippen molar-refractivity contribution < 1.29 is 19.7 Å². The van der Waals surface area contributed by atoms with Crippen LogP contribution in [0.3, 0.4) is 0 Å². The standard InChI is InChI=1S/C12H19F2NO2.H2/c13-12(14)2-1-9-3-11(4-10(9)5-12)6-16-8-17-7-15-11;/h9-10,15H,1-8H2;1H/t9-,10+,11?;/m0./s1. The molecule has 17 heavy (non-hydrogen) atoms. The molecule has 3 nitrogen and oxygen atoms in total. The first-order valence-electron chi connectivity index (χ1n) is 6.37. The van der Waals surface area contributed by atoms with Crippen LogP contribution in [-0.2, 0) is 9.47 Å². The highest BCUT2D eigenvalue weighted by Crippen LogP contribution is 2.51. The summed E-state index contributed by atoms with van der Waals surface area (Å²) in [5, 5.41) is 3.35. The molecule has 3 rings (SSSR count). The molecule has 0 amide bonds. The van der Waals surface area contributed by atoms with Crippen molar-refractivity contribution in [3.8, 4) is 0 Å². The van der Waals surface area contributed by atoms with Crippen molar-refractivity contribution >= 4 is 0 Å². The predicted octanol–water partition coefficient (Wildman–Crippen LogP) is 2.37. The lowest BCUT2D eigenvalue weighted by Crippen LogP contribution is -2.46. The summed E-state index contributed by atoms with van der Waals surface area (Å²) in [7, 11) is 0. The smallest absolute Gasteiger partial charge is 0.248 e. The summed E-state index contributed by atoms with van der Waals surface area (Å²) in [6.45, 7) is 1.36. The molecule has 0 aromatic rings. The molecule has 0 aromatic carbocycles. The second kappa shape index (κ2) is 4.14. The van der Waals surface area contributed by atoms with E-state index in [9.17, 15) is 8.78 Å². The van der Waals surface area contributed by atoms with Crippen molar-refractivity contribution in [1.82, 2.24) is 5.32 Å². The van der Waals surface area contributed by atoms with E-state index in [1.165, 1.54) is 0 Å². The number of hydrogen-bond donors (Lipinski definition) is 1. The van der Waals surface area contributed by atoms with Gasteiger partial charge in [-0.3, -0.25) is 5.32 Å². The molecule has 2 aliphatic carbocycles. The monoisotopic (exact) mass is 249 g/mol. The summed E-state index contributed by atoms with van der Waals surface area (Å²) in [4.78, 5) is 0. The Hall–Kier alpha value is -0.260. The molecule has 2 saturated carbocycles. The van der Waals surface area contributed by atoms with Gasteiger partial charge in [0.15, 0.2) is 0 Å². The van der Waals surface area contributed by atoms with Crippen LogP contribution in [0.4, 0.5) is 8.78 Å². The van der Waals surface area contributed by atoms with Crippen molar-refractivity contribution in [1.29, 1.82) is 0 Å². The number of nitrogens with one attached hydrogen (secondary N) is 1. The van der Waals surface area contributed by atoms with E-state index in [1.54, 1.807) is 0 Å². The van der Waals surface area contributed by atoms with Gasteiger partial charge < -0.3 is 9.47 Å². The van der Waals surface area contributed by atoms with Gasteiger partial charge in [0.1, 0.15) is 6.79 Å². The molecular weight excluding hydrogens is 228 g/mol. The van der Waals surface area contributed by atoms with Crippen LogP contribution >= 0.6 is 0 Å². The molecule has 3 fully saturated rings. The van der Waals surface area contributed by atoms with E-state index in [-0.39, 0.29) is 25.7 Å². The van der Waals surface area contributed by atoms with E-state index in [1.807, 2.05) is 0 Å². The van der Waals surface area contributed by atoms with Crippen molar-refractivity contribution in [2.75, 3.05) is 20.1 Å². The van der Waals surface area contributed by atoms with Gasteiger partial charge in [0.2, 0.25) is 5.92 Å². The van der Waals surface area contributed by atoms with E-state index in [0.717, 1.165) is 12.8 Å². The van der Waals surface area contributed by atoms with Crippen LogP contribution in [0, 0.1) is 11.8 Å². The minimum absolute atomic E-state index is 0. The van der Waals surface area contributed by atoms with Gasteiger partial charge in [0, 0.05) is 19.8 Å². The van der Waals surface area contributed by atoms with Gasteiger partial charge in [-0.05, 0) is 31.1 Å². The van der Waals surface area contributed by atoms with Crippen LogP contribution in [-0.4, -0.2) is 31.6 Å². The van der Waals surface area contributed by atoms with Crippen molar-refractivity contribution in [3.05, 3.63) is 0 Å². The zero-order valence-corrected chi connectivity index (χ0v) is 9.88. The van der Waals surface area contributed by atoms with Crippen molar-refractivity contribution in [3.63, 3.8) is 0 Å². The Kier molecular flexibility index (Phi) is 2.88. The molecule has 3 atom stereocenters. The summed E-state index contributed by atoms with van der Waals surface area (Å²) >= 11 is 0. The molecule has 0 aromatic heterocycles. The molecule has 1 saturated heterocycles. The molecule has 1 N–H and O–H groups in total. The van der Waals surface area contributed by atoms with E-state index in [2.05, 4.69) is 5.32 Å². The number of ether oxygens (including phenoxy) is 2. The predicted molar refractivity (Wildman–Crippen MR) is 59.8 cm³/mol. The SMILES string of the molecule is FC1(F)CC[C@H]2CC3(COCOCN3)C[C@@H]2C1.[HH]. The van der Waals surface area contributed by atoms with Gasteiger partial charge >= 0.3 is 0 Å². The summed E-state index contributed by atoms with van der Waals surface area (Å²) < 4.78 is 37.4. The highest BCUT2D eigenvalue weighted by atomic mass is 19.3. The van der Waals surface area contributed by atoms with Crippen LogP contribution in [0.15, 0.2) is 0 Å². The second-order valence-electron chi connectivity index (χ2n) is 5.80. The number of halogens is 2. The first-order chi connectivity index (χ1) is 8.09. The Bertz CT molecular complexity index is 296. The number of hydrogen-bond acceptors (Lipinski definition) is 3. The molecule has 5 heteroatoms. The lowest BCUT2D eigenvalue weighted by atomic mass is 9.80. The Morgan fingerprint density at radius 1 is 1.12 bits per heavy atom. The molecule has 3 aliphatic rings. The average molecular weight is 249 g/mol. The van der Waals surface area contributed by atoms with Gasteiger partial charge in [-0.15, -0.1) is 0 Å². The number of rotatable bonds is 0. The summed E-state index contributed by atoms with van der Waals surface area (Å²) in [5.41, 5.74) is -0.119. The molecule has 100 valence electrons. The zero-order valence-electron chi connectivity index (χ0n) is 9.88. The van der Waals surface area contributed by atoms with Gasteiger partial charge in [0.05, 0.1) is 13.3 Å². The largest absolute Gasteiger partial charge is 0.353 e. The van der Waals surface area contributed by atoms with Gasteiger partial charge in [-0.1, -0.05) is 0 Å². The van der Waals surface area contributed by atoms with Crippen LogP contribution in [0.2, 0.25) is 0 Å². The third-order valence-corrected chi connectivity index (χ3v) is 4.51. The summed E-state index contributed by atoms with van der Waals surface area (Å²) in [5.74, 6) is -1.87. The third kappa shape index (κ3) is 2.33. The highest BCUT2D eigenvalue weighted by Gasteiger charge is 2.51. The maximum Gasteiger partial charge on any atom is 0.248 e. The Morgan fingerprint density at radius 3 is 2.82 bits per heavy atom. The number of fused-ring (bicyclic) bond motifs is 1. The average Bonchev–Trinajstić information content (AvgIpc) is 2.42. The zero-order chi connectivity index (χ0) is 11.9. The maximum atomic E-state index is 13.4. The first-order valence-corrected chi connectivity index (χ1v) is 6.37. The fraction of sp³-hybridized carbons (Fsp3) is 1.00. The summed E-state index contributed by atoms with van der Waals surface area (Å²) in [6, 6.07) is 0. The topological polar surface area (TPSA) is 30.5 Å². The minimum Gasteiger partial charge on any atom is -0.353 e. The van der Waals surface area contributed by atoms with E-state index in [4.69, 9.17) is 9.47 Å². The van der Waals surface area contributed by atoms with Gasteiger partial charge in [0.25, 0.3) is 0 Å². The van der Waals surface area contributed by atoms with Crippen LogP contribution < -0.4 is 5.32 Å². The Labute approximate surface area is 101 Å². The van der Waals surface area contributed by atoms with Gasteiger partial charge in [-0.25, -0.2) is 8.78 Å². The number of alkyl halides is 2. The molecule has 1 heterocycles. The fourth-order valence-electron chi connectivity index (χ4n) is 3.73. The maximum absolute atomic E-state index is 13.4. The highest BCUT2D eigenvalue weighted by molar-refractivity contribution is 5.03. The quantitative estimate of drug-likeness (QED) is 0.715. The molecule has 1 aliphatic heterocycles. The molecule has 0 bridgehead atoms. The lowest BCUT2D eigenvalue weighted by molar-refractivity contribution is -0.0636. The molecular formula is C12H21F2NO2. The summed E-state index contributed by atoms with van der Waals surface area (Å²) in [6.07, 6.45) is 2.53. The fourth-order valence-corrected chi connectivity index (χ4v) is 3.73. The van der Waals surface area contributed by atoms with Crippen LogP contribution in [0.5, 0.6) is 0 Å². The van der Waals surface area contributed by atoms with Gasteiger partial charge in [-0.2, -0.15) is 0 Å². The van der Waals surface area contributed by atoms with E-state index < -0.39 is 5.92 Å². The Morgan fingerprint density at radius 2 is 1.94 bits per heavy atom. The first kappa shape index (κ1) is 11.8. The van der Waals surface area contributed by atoms with E-state index in [0.29, 0.717) is 32.5 Å². The van der Waals surface area contributed by atoms with Crippen LogP contribution in [0.1, 0.15) is 33.5 Å². The molecule has 1 unspecified atom stereocenters. The minimum atomic E-state index is -2.45.